The molecule has 1 amide bonds. The van der Waals surface area contributed by atoms with E-state index in [2.05, 4.69) is 31.4 Å². The van der Waals surface area contributed by atoms with Crippen LogP contribution in [0.4, 0.5) is 0 Å². The molecule has 1 atom stereocenters. The quantitative estimate of drug-likeness (QED) is 0.751. The molecule has 9 heteroatoms. The first-order valence-electron chi connectivity index (χ1n) is 7.04. The van der Waals surface area contributed by atoms with Gasteiger partial charge in [-0.15, -0.1) is 35.0 Å². The minimum Gasteiger partial charge on any atom is -0.347 e. The summed E-state index contributed by atoms with van der Waals surface area (Å²) < 4.78 is 2.85. The number of hydrogen-bond acceptors (Lipinski definition) is 4. The van der Waals surface area contributed by atoms with Gasteiger partial charge in [0.05, 0.1) is 6.54 Å². The molecule has 1 aromatic carbocycles. The van der Waals surface area contributed by atoms with Crippen LogP contribution in [0.25, 0.3) is 0 Å². The number of nitrogens with two attached hydrogens (primary N) is 1. The van der Waals surface area contributed by atoms with Crippen LogP contribution >= 0.6 is 40.7 Å². The molecule has 0 fully saturated rings. The first-order chi connectivity index (χ1) is 10.3. The lowest BCUT2D eigenvalue weighted by Gasteiger charge is -2.24. The van der Waals surface area contributed by atoms with Crippen molar-refractivity contribution in [3.8, 4) is 0 Å². The summed E-state index contributed by atoms with van der Waals surface area (Å²) in [5.74, 6) is 0.447. The second-order valence-electron chi connectivity index (χ2n) is 5.64. The van der Waals surface area contributed by atoms with E-state index in [1.807, 2.05) is 42.7 Å². The molecule has 134 valence electrons. The zero-order chi connectivity index (χ0) is 16.3. The van der Waals surface area contributed by atoms with E-state index in [9.17, 15) is 4.79 Å². The van der Waals surface area contributed by atoms with Gasteiger partial charge in [0, 0.05) is 10.5 Å². The average Bonchev–Trinajstić information content (AvgIpc) is 2.93. The first kappa shape index (κ1) is 22.9. The highest BCUT2D eigenvalue weighted by Crippen LogP contribution is 2.20. The molecule has 1 unspecified atom stereocenters. The van der Waals surface area contributed by atoms with Crippen molar-refractivity contribution in [1.82, 2.24) is 20.1 Å². The fraction of sp³-hybridized carbons (Fsp3) is 0.400. The molecule has 1 heterocycles. The van der Waals surface area contributed by atoms with Gasteiger partial charge in [-0.1, -0.05) is 28.1 Å². The zero-order valence-corrected chi connectivity index (χ0v) is 16.9. The number of nitrogens with zero attached hydrogens (tertiary/aromatic N) is 3. The van der Waals surface area contributed by atoms with E-state index in [1.54, 1.807) is 13.3 Å². The predicted octanol–water partition coefficient (Wildman–Crippen LogP) is 2.96. The van der Waals surface area contributed by atoms with Crippen LogP contribution in [0.3, 0.4) is 0 Å². The normalized spacial score (nSPS) is 12.8. The lowest BCUT2D eigenvalue weighted by Crippen LogP contribution is -2.48. The van der Waals surface area contributed by atoms with Crippen LogP contribution in [-0.4, -0.2) is 20.7 Å². The monoisotopic (exact) mass is 437 g/mol. The fourth-order valence-electron chi connectivity index (χ4n) is 2.09. The van der Waals surface area contributed by atoms with Crippen LogP contribution in [0.2, 0.25) is 0 Å². The first-order valence-corrected chi connectivity index (χ1v) is 7.83. The second-order valence-corrected chi connectivity index (χ2v) is 6.56. The minimum atomic E-state index is -1.11. The highest BCUT2D eigenvalue weighted by Gasteiger charge is 2.30. The Balaban J connectivity index is 0.00000264. The third kappa shape index (κ3) is 5.17. The topological polar surface area (TPSA) is 85.8 Å². The summed E-state index contributed by atoms with van der Waals surface area (Å²) in [6.45, 7) is 6.05. The van der Waals surface area contributed by atoms with Crippen LogP contribution in [0.1, 0.15) is 38.2 Å². The van der Waals surface area contributed by atoms with E-state index in [0.717, 1.165) is 10.0 Å². The summed E-state index contributed by atoms with van der Waals surface area (Å²) in [5.41, 5.74) is 5.84. The van der Waals surface area contributed by atoms with Crippen molar-refractivity contribution in [3.63, 3.8) is 0 Å². The molecule has 0 bridgehead atoms. The molecule has 2 aromatic rings. The molecule has 3 N–H and O–H groups in total. The Kier molecular flexibility index (Phi) is 8.91. The van der Waals surface area contributed by atoms with E-state index in [0.29, 0.717) is 12.4 Å². The smallest absolute Gasteiger partial charge is 0.244 e. The molecular formula is C15H22BrCl2N5O. The summed E-state index contributed by atoms with van der Waals surface area (Å²) in [6, 6.07) is 7.63. The Labute approximate surface area is 162 Å². The van der Waals surface area contributed by atoms with Gasteiger partial charge in [-0.25, -0.2) is 0 Å². The van der Waals surface area contributed by atoms with Gasteiger partial charge in [0.1, 0.15) is 11.9 Å². The Morgan fingerprint density at radius 1 is 1.33 bits per heavy atom. The number of carbonyl (C=O) groups excluding carboxylic acids is 1. The highest BCUT2D eigenvalue weighted by atomic mass is 79.9. The molecule has 0 aliphatic rings. The van der Waals surface area contributed by atoms with Crippen LogP contribution < -0.4 is 11.1 Å². The van der Waals surface area contributed by atoms with E-state index in [-0.39, 0.29) is 36.8 Å². The molecule has 6 nitrogen and oxygen atoms in total. The van der Waals surface area contributed by atoms with Gasteiger partial charge in [-0.3, -0.25) is 4.79 Å². The predicted molar refractivity (Wildman–Crippen MR) is 102 cm³/mol. The standard InChI is InChI=1S/C15H20BrN5O.2ClH/c1-10(2)21-9-19-20-13(21)8-18-14(22)15(3,17)11-4-6-12(16)7-5-11;;/h4-7,9-10H,8,17H2,1-3H3,(H,18,22);2*1H. The minimum absolute atomic E-state index is 0. The maximum atomic E-state index is 12.4. The van der Waals surface area contributed by atoms with Crippen LogP contribution in [0.15, 0.2) is 35.1 Å². The number of amides is 1. The van der Waals surface area contributed by atoms with Crippen molar-refractivity contribution in [2.24, 2.45) is 5.73 Å². The number of benzene rings is 1. The summed E-state index contributed by atoms with van der Waals surface area (Å²) in [5, 5.41) is 10.7. The molecule has 0 aliphatic heterocycles. The second kappa shape index (κ2) is 9.36. The van der Waals surface area contributed by atoms with Gasteiger partial charge in [-0.05, 0) is 38.5 Å². The Hall–Kier alpha value is -1.15. The Morgan fingerprint density at radius 3 is 2.46 bits per heavy atom. The van der Waals surface area contributed by atoms with Crippen molar-refractivity contribution in [1.29, 1.82) is 0 Å². The molecule has 0 aliphatic carbocycles. The van der Waals surface area contributed by atoms with Gasteiger partial charge in [-0.2, -0.15) is 0 Å². The molecule has 0 spiro atoms. The number of nitrogens with one attached hydrogen (secondary N) is 1. The third-order valence-corrected chi connectivity index (χ3v) is 4.05. The third-order valence-electron chi connectivity index (χ3n) is 3.53. The zero-order valence-electron chi connectivity index (χ0n) is 13.7. The van der Waals surface area contributed by atoms with Crippen molar-refractivity contribution in [2.45, 2.75) is 38.9 Å². The molecular weight excluding hydrogens is 417 g/mol. The van der Waals surface area contributed by atoms with Crippen LogP contribution in [0.5, 0.6) is 0 Å². The average molecular weight is 439 g/mol. The lowest BCUT2D eigenvalue weighted by atomic mass is 9.92. The van der Waals surface area contributed by atoms with Crippen molar-refractivity contribution < 1.29 is 4.79 Å². The van der Waals surface area contributed by atoms with Crippen molar-refractivity contribution >= 4 is 46.7 Å². The van der Waals surface area contributed by atoms with Crippen LogP contribution in [-0.2, 0) is 16.9 Å². The Bertz CT molecular complexity index is 658. The number of rotatable bonds is 5. The van der Waals surface area contributed by atoms with Gasteiger partial charge in [0.25, 0.3) is 0 Å². The molecule has 0 saturated heterocycles. The maximum Gasteiger partial charge on any atom is 0.244 e. The summed E-state index contributed by atoms with van der Waals surface area (Å²) >= 11 is 3.37. The number of aromatic nitrogens is 3. The van der Waals surface area contributed by atoms with E-state index < -0.39 is 5.54 Å². The van der Waals surface area contributed by atoms with Crippen molar-refractivity contribution in [3.05, 3.63) is 46.5 Å². The van der Waals surface area contributed by atoms with E-state index in [4.69, 9.17) is 5.73 Å². The SMILES string of the molecule is CC(C)n1cnnc1CNC(=O)C(C)(N)c1ccc(Br)cc1.Cl.Cl. The molecule has 1 aromatic heterocycles. The van der Waals surface area contributed by atoms with Gasteiger partial charge < -0.3 is 15.6 Å². The molecule has 0 radical (unpaired) electrons. The van der Waals surface area contributed by atoms with E-state index >= 15 is 0 Å². The van der Waals surface area contributed by atoms with Gasteiger partial charge >= 0.3 is 0 Å². The van der Waals surface area contributed by atoms with Gasteiger partial charge in [0.15, 0.2) is 5.82 Å². The summed E-state index contributed by atoms with van der Waals surface area (Å²) in [4.78, 5) is 12.4. The number of hydrogen-bond donors (Lipinski definition) is 2. The molecule has 0 saturated carbocycles. The lowest BCUT2D eigenvalue weighted by molar-refractivity contribution is -0.126. The van der Waals surface area contributed by atoms with Gasteiger partial charge in [0.2, 0.25) is 5.91 Å². The van der Waals surface area contributed by atoms with Crippen LogP contribution in [0, 0.1) is 0 Å². The summed E-state index contributed by atoms with van der Waals surface area (Å²) in [6.07, 6.45) is 1.66. The number of halogens is 3. The highest BCUT2D eigenvalue weighted by molar-refractivity contribution is 9.10. The molecule has 2 rings (SSSR count). The van der Waals surface area contributed by atoms with E-state index in [1.165, 1.54) is 0 Å². The molecule has 24 heavy (non-hydrogen) atoms. The van der Waals surface area contributed by atoms with Crippen molar-refractivity contribution in [2.75, 3.05) is 0 Å². The summed E-state index contributed by atoms with van der Waals surface area (Å²) in [7, 11) is 0. The number of carbonyl (C=O) groups is 1. The maximum absolute atomic E-state index is 12.4. The Morgan fingerprint density at radius 2 is 1.92 bits per heavy atom. The largest absolute Gasteiger partial charge is 0.347 e. The fourth-order valence-corrected chi connectivity index (χ4v) is 2.36.